The van der Waals surface area contributed by atoms with E-state index >= 15 is 0 Å². The Kier molecular flexibility index (Phi) is 3.11. The first-order chi connectivity index (χ1) is 5.66. The van der Waals surface area contributed by atoms with E-state index in [1.807, 2.05) is 6.92 Å². The van der Waals surface area contributed by atoms with Gasteiger partial charge in [0.1, 0.15) is 5.82 Å². The third-order valence-corrected chi connectivity index (χ3v) is 2.22. The second-order valence-electron chi connectivity index (χ2n) is 2.63. The highest BCUT2D eigenvalue weighted by atomic mass is 79.9. The molecular weight excluding hydrogens is 222 g/mol. The van der Waals surface area contributed by atoms with Crippen molar-refractivity contribution in [2.75, 3.05) is 19.5 Å². The van der Waals surface area contributed by atoms with Gasteiger partial charge in [-0.3, -0.25) is 0 Å². The summed E-state index contributed by atoms with van der Waals surface area (Å²) in [5.74, 6) is 0.638. The summed E-state index contributed by atoms with van der Waals surface area (Å²) in [7, 11) is 1.66. The van der Waals surface area contributed by atoms with Crippen LogP contribution >= 0.6 is 15.9 Å². The van der Waals surface area contributed by atoms with Gasteiger partial charge in [-0.15, -0.1) is 0 Å². The number of anilines is 1. The largest absolute Gasteiger partial charge is 0.383 e. The average Bonchev–Trinajstić information content (AvgIpc) is 2.34. The predicted molar refractivity (Wildman–Crippen MR) is 50.9 cm³/mol. The summed E-state index contributed by atoms with van der Waals surface area (Å²) in [6.45, 7) is 2.61. The molecule has 0 saturated carbocycles. The molecule has 0 aliphatic rings. The molecule has 0 aliphatic heterocycles. The third kappa shape index (κ3) is 1.78. The molecule has 1 aromatic heterocycles. The Hall–Kier alpha value is -0.550. The molecule has 5 heteroatoms. The SMILES string of the molecule is COCC(C)n1ncc(Br)c1N. The van der Waals surface area contributed by atoms with Crippen LogP contribution in [-0.4, -0.2) is 23.5 Å². The van der Waals surface area contributed by atoms with Crippen LogP contribution in [0.1, 0.15) is 13.0 Å². The summed E-state index contributed by atoms with van der Waals surface area (Å²) in [6.07, 6.45) is 1.68. The fraction of sp³-hybridized carbons (Fsp3) is 0.571. The van der Waals surface area contributed by atoms with Crippen LogP contribution < -0.4 is 5.73 Å². The molecule has 2 N–H and O–H groups in total. The van der Waals surface area contributed by atoms with E-state index in [0.29, 0.717) is 12.4 Å². The molecule has 1 aromatic rings. The molecule has 0 aliphatic carbocycles. The summed E-state index contributed by atoms with van der Waals surface area (Å²) in [5.41, 5.74) is 5.73. The minimum atomic E-state index is 0.168. The van der Waals surface area contributed by atoms with E-state index < -0.39 is 0 Å². The minimum Gasteiger partial charge on any atom is -0.383 e. The van der Waals surface area contributed by atoms with Crippen molar-refractivity contribution in [1.82, 2.24) is 9.78 Å². The van der Waals surface area contributed by atoms with E-state index in [9.17, 15) is 0 Å². The second kappa shape index (κ2) is 3.91. The molecule has 0 fully saturated rings. The van der Waals surface area contributed by atoms with Gasteiger partial charge >= 0.3 is 0 Å². The van der Waals surface area contributed by atoms with Crippen molar-refractivity contribution in [2.45, 2.75) is 13.0 Å². The van der Waals surface area contributed by atoms with Gasteiger partial charge in [0.25, 0.3) is 0 Å². The van der Waals surface area contributed by atoms with Crippen molar-refractivity contribution in [2.24, 2.45) is 0 Å². The highest BCUT2D eigenvalue weighted by Gasteiger charge is 2.10. The van der Waals surface area contributed by atoms with E-state index in [4.69, 9.17) is 10.5 Å². The molecule has 12 heavy (non-hydrogen) atoms. The third-order valence-electron chi connectivity index (χ3n) is 1.61. The first-order valence-electron chi connectivity index (χ1n) is 3.64. The number of hydrogen-bond donors (Lipinski definition) is 1. The molecule has 0 radical (unpaired) electrons. The lowest BCUT2D eigenvalue weighted by atomic mass is 10.4. The quantitative estimate of drug-likeness (QED) is 0.860. The first kappa shape index (κ1) is 9.54. The smallest absolute Gasteiger partial charge is 0.136 e. The lowest BCUT2D eigenvalue weighted by molar-refractivity contribution is 0.158. The van der Waals surface area contributed by atoms with Gasteiger partial charge < -0.3 is 10.5 Å². The fourth-order valence-electron chi connectivity index (χ4n) is 1.01. The Morgan fingerprint density at radius 2 is 2.50 bits per heavy atom. The van der Waals surface area contributed by atoms with Gasteiger partial charge in [-0.05, 0) is 22.9 Å². The second-order valence-corrected chi connectivity index (χ2v) is 3.48. The van der Waals surface area contributed by atoms with E-state index in [0.717, 1.165) is 4.47 Å². The van der Waals surface area contributed by atoms with E-state index in [1.54, 1.807) is 18.0 Å². The van der Waals surface area contributed by atoms with E-state index in [1.165, 1.54) is 0 Å². The van der Waals surface area contributed by atoms with Crippen LogP contribution in [0.3, 0.4) is 0 Å². The molecular formula is C7H12BrN3O. The maximum Gasteiger partial charge on any atom is 0.136 e. The van der Waals surface area contributed by atoms with Crippen molar-refractivity contribution >= 4 is 21.7 Å². The van der Waals surface area contributed by atoms with Crippen molar-refractivity contribution < 1.29 is 4.74 Å². The van der Waals surface area contributed by atoms with Crippen molar-refractivity contribution in [3.63, 3.8) is 0 Å². The normalized spacial score (nSPS) is 13.2. The Labute approximate surface area is 79.8 Å². The van der Waals surface area contributed by atoms with Crippen LogP contribution in [0.25, 0.3) is 0 Å². The molecule has 1 rings (SSSR count). The van der Waals surface area contributed by atoms with Crippen LogP contribution in [0.15, 0.2) is 10.7 Å². The van der Waals surface area contributed by atoms with Crippen LogP contribution in [-0.2, 0) is 4.74 Å². The summed E-state index contributed by atoms with van der Waals surface area (Å²) >= 11 is 3.29. The number of rotatable bonds is 3. The number of aromatic nitrogens is 2. The molecule has 1 heterocycles. The van der Waals surface area contributed by atoms with Gasteiger partial charge in [-0.25, -0.2) is 4.68 Å². The Bertz CT molecular complexity index is 261. The molecule has 1 unspecified atom stereocenters. The first-order valence-corrected chi connectivity index (χ1v) is 4.43. The average molecular weight is 234 g/mol. The van der Waals surface area contributed by atoms with Crippen LogP contribution in [0.5, 0.6) is 0 Å². The van der Waals surface area contributed by atoms with Gasteiger partial charge in [0, 0.05) is 7.11 Å². The lowest BCUT2D eigenvalue weighted by Gasteiger charge is -2.12. The molecule has 0 saturated heterocycles. The van der Waals surface area contributed by atoms with E-state index in [2.05, 4.69) is 21.0 Å². The topological polar surface area (TPSA) is 53.1 Å². The zero-order valence-electron chi connectivity index (χ0n) is 7.12. The van der Waals surface area contributed by atoms with Gasteiger partial charge in [0.15, 0.2) is 0 Å². The Balaban J connectivity index is 2.80. The minimum absolute atomic E-state index is 0.168. The maximum atomic E-state index is 5.73. The van der Waals surface area contributed by atoms with Gasteiger partial charge in [-0.1, -0.05) is 0 Å². The molecule has 0 spiro atoms. The highest BCUT2D eigenvalue weighted by Crippen LogP contribution is 2.21. The lowest BCUT2D eigenvalue weighted by Crippen LogP contribution is -2.14. The Morgan fingerprint density at radius 1 is 1.83 bits per heavy atom. The number of ether oxygens (including phenoxy) is 1. The molecule has 0 bridgehead atoms. The van der Waals surface area contributed by atoms with Crippen LogP contribution in [0, 0.1) is 0 Å². The van der Waals surface area contributed by atoms with Gasteiger partial charge in [0.2, 0.25) is 0 Å². The Morgan fingerprint density at radius 3 is 2.92 bits per heavy atom. The summed E-state index contributed by atoms with van der Waals surface area (Å²) in [4.78, 5) is 0. The standard InChI is InChI=1S/C7H12BrN3O/c1-5(4-12-2)11-7(9)6(8)3-10-11/h3,5H,4,9H2,1-2H3. The van der Waals surface area contributed by atoms with E-state index in [-0.39, 0.29) is 6.04 Å². The maximum absolute atomic E-state index is 5.73. The summed E-state index contributed by atoms with van der Waals surface area (Å²) < 4.78 is 7.54. The molecule has 1 atom stereocenters. The van der Waals surface area contributed by atoms with Gasteiger partial charge in [-0.2, -0.15) is 5.10 Å². The molecule has 0 amide bonds. The fourth-order valence-corrected chi connectivity index (χ4v) is 1.29. The number of methoxy groups -OCH3 is 1. The molecule has 4 nitrogen and oxygen atoms in total. The zero-order valence-corrected chi connectivity index (χ0v) is 8.71. The van der Waals surface area contributed by atoms with Crippen LogP contribution in [0.2, 0.25) is 0 Å². The summed E-state index contributed by atoms with van der Waals surface area (Å²) in [5, 5.41) is 4.10. The summed E-state index contributed by atoms with van der Waals surface area (Å²) in [6, 6.07) is 0.168. The zero-order chi connectivity index (χ0) is 9.14. The van der Waals surface area contributed by atoms with Crippen LogP contribution in [0.4, 0.5) is 5.82 Å². The number of halogens is 1. The molecule has 68 valence electrons. The van der Waals surface area contributed by atoms with Gasteiger partial charge in [0.05, 0.1) is 23.3 Å². The van der Waals surface area contributed by atoms with Crippen molar-refractivity contribution in [1.29, 1.82) is 0 Å². The number of nitrogens with zero attached hydrogens (tertiary/aromatic N) is 2. The number of nitrogen functional groups attached to an aromatic ring is 1. The van der Waals surface area contributed by atoms with Crippen molar-refractivity contribution in [3.05, 3.63) is 10.7 Å². The highest BCUT2D eigenvalue weighted by molar-refractivity contribution is 9.10. The predicted octanol–water partition coefficient (Wildman–Crippen LogP) is 1.44. The van der Waals surface area contributed by atoms with Crippen molar-refractivity contribution in [3.8, 4) is 0 Å². The monoisotopic (exact) mass is 233 g/mol. The number of nitrogens with two attached hydrogens (primary N) is 1. The number of hydrogen-bond acceptors (Lipinski definition) is 3. The molecule has 0 aromatic carbocycles.